The fourth-order valence-corrected chi connectivity index (χ4v) is 0.167. The van der Waals surface area contributed by atoms with Gasteiger partial charge in [0.05, 0.1) is 0 Å². The van der Waals surface area contributed by atoms with Crippen LogP contribution in [-0.2, 0) is 5.21 Å². The molecule has 0 aliphatic carbocycles. The van der Waals surface area contributed by atoms with Crippen LogP contribution in [0.3, 0.4) is 0 Å². The highest BCUT2D eigenvalue weighted by Gasteiger charge is 1.86. The van der Waals surface area contributed by atoms with Crippen LogP contribution in [0.15, 0.2) is 0 Å². The van der Waals surface area contributed by atoms with Gasteiger partial charge >= 0.3 is 0 Å². The van der Waals surface area contributed by atoms with Gasteiger partial charge in [-0.15, -0.1) is 5.21 Å². The number of rotatable bonds is 2. The number of hydrogen-bond donors (Lipinski definition) is 1. The first-order chi connectivity index (χ1) is 2.77. The van der Waals surface area contributed by atoms with E-state index in [4.69, 9.17) is 0 Å². The molecule has 6 heavy (non-hydrogen) atoms. The summed E-state index contributed by atoms with van der Waals surface area (Å²) in [5.41, 5.74) is 1.82. The summed E-state index contributed by atoms with van der Waals surface area (Å²) in [6, 6.07) is 0. The van der Waals surface area contributed by atoms with Gasteiger partial charge in [0.1, 0.15) is 0 Å². The second kappa shape index (κ2) is 3.12. The van der Waals surface area contributed by atoms with E-state index in [0.29, 0.717) is 12.5 Å². The Kier molecular flexibility index (Phi) is 3.08. The van der Waals surface area contributed by atoms with Crippen molar-refractivity contribution in [2.24, 2.45) is 5.92 Å². The van der Waals surface area contributed by atoms with Crippen molar-refractivity contribution in [3.8, 4) is 0 Å². The molecule has 1 radical (unpaired) electrons. The van der Waals surface area contributed by atoms with Crippen molar-refractivity contribution in [1.29, 1.82) is 0 Å². The van der Waals surface area contributed by atoms with Crippen LogP contribution in [0.4, 0.5) is 0 Å². The molecule has 0 aliphatic rings. The number of nitrogens with one attached hydrogen (secondary N) is 1. The molecule has 0 rings (SSSR count). The maximum atomic E-state index is 9.49. The molecule has 0 bridgehead atoms. The third-order valence-electron chi connectivity index (χ3n) is 0.492. The summed E-state index contributed by atoms with van der Waals surface area (Å²) >= 11 is 0. The Morgan fingerprint density at radius 2 is 2.17 bits per heavy atom. The SMILES string of the molecule is CC(C)CN[O]. The van der Waals surface area contributed by atoms with E-state index >= 15 is 0 Å². The molecule has 0 aliphatic heterocycles. The molecule has 0 aromatic rings. The van der Waals surface area contributed by atoms with Crippen molar-refractivity contribution in [1.82, 2.24) is 5.48 Å². The Hall–Kier alpha value is -0.0800. The van der Waals surface area contributed by atoms with E-state index in [1.807, 2.05) is 19.3 Å². The van der Waals surface area contributed by atoms with Gasteiger partial charge in [-0.1, -0.05) is 13.8 Å². The van der Waals surface area contributed by atoms with Gasteiger partial charge in [-0.05, 0) is 5.92 Å². The largest absolute Gasteiger partial charge is 0.168 e. The Labute approximate surface area is 38.1 Å². The molecule has 0 heterocycles. The first-order valence-corrected chi connectivity index (χ1v) is 2.12. The van der Waals surface area contributed by atoms with Crippen LogP contribution in [-0.4, -0.2) is 6.54 Å². The van der Waals surface area contributed by atoms with Gasteiger partial charge in [0, 0.05) is 6.54 Å². The molecule has 0 saturated carbocycles. The Morgan fingerprint density at radius 3 is 2.17 bits per heavy atom. The second-order valence-corrected chi connectivity index (χ2v) is 1.74. The molecule has 0 saturated heterocycles. The molecule has 37 valence electrons. The highest BCUT2D eigenvalue weighted by molar-refractivity contribution is 4.39. The van der Waals surface area contributed by atoms with E-state index < -0.39 is 0 Å². The van der Waals surface area contributed by atoms with Crippen molar-refractivity contribution in [2.75, 3.05) is 6.54 Å². The van der Waals surface area contributed by atoms with Crippen molar-refractivity contribution < 1.29 is 5.21 Å². The molecule has 1 N–H and O–H groups in total. The van der Waals surface area contributed by atoms with E-state index in [-0.39, 0.29) is 0 Å². The van der Waals surface area contributed by atoms with Crippen molar-refractivity contribution in [3.63, 3.8) is 0 Å². The van der Waals surface area contributed by atoms with Crippen molar-refractivity contribution in [2.45, 2.75) is 13.8 Å². The molecular formula is C4H10NO. The molecule has 0 unspecified atom stereocenters. The van der Waals surface area contributed by atoms with Gasteiger partial charge in [0.25, 0.3) is 0 Å². The molecule has 0 fully saturated rings. The Bertz CT molecular complexity index is 28.7. The van der Waals surface area contributed by atoms with Crippen LogP contribution in [0.1, 0.15) is 13.8 Å². The Morgan fingerprint density at radius 1 is 1.67 bits per heavy atom. The zero-order valence-electron chi connectivity index (χ0n) is 4.19. The zero-order valence-corrected chi connectivity index (χ0v) is 4.19. The average molecular weight is 88.1 g/mol. The number of hydroxylamine groups is 1. The monoisotopic (exact) mass is 88.1 g/mol. The summed E-state index contributed by atoms with van der Waals surface area (Å²) < 4.78 is 0. The first kappa shape index (κ1) is 5.92. The van der Waals surface area contributed by atoms with Gasteiger partial charge in [-0.2, -0.15) is 5.48 Å². The van der Waals surface area contributed by atoms with Gasteiger partial charge in [-0.25, -0.2) is 0 Å². The van der Waals surface area contributed by atoms with E-state index in [9.17, 15) is 5.21 Å². The molecule has 0 spiro atoms. The summed E-state index contributed by atoms with van der Waals surface area (Å²) in [6.07, 6.45) is 0. The molecule has 2 heteroatoms. The quantitative estimate of drug-likeness (QED) is 0.492. The van der Waals surface area contributed by atoms with Crippen LogP contribution in [0, 0.1) is 5.92 Å². The molecule has 0 atom stereocenters. The van der Waals surface area contributed by atoms with Crippen molar-refractivity contribution in [3.05, 3.63) is 0 Å². The molecule has 0 amide bonds. The van der Waals surface area contributed by atoms with Crippen LogP contribution in [0.25, 0.3) is 0 Å². The highest BCUT2D eigenvalue weighted by Crippen LogP contribution is 1.83. The second-order valence-electron chi connectivity index (χ2n) is 1.74. The molecule has 0 aromatic heterocycles. The molecule has 2 nitrogen and oxygen atoms in total. The van der Waals surface area contributed by atoms with Crippen molar-refractivity contribution >= 4 is 0 Å². The summed E-state index contributed by atoms with van der Waals surface area (Å²) in [6.45, 7) is 4.55. The average Bonchev–Trinajstić information content (AvgIpc) is 1.35. The standard InChI is InChI=1S/C4H10NO/c1-4(2)3-5-6/h4-5H,3H2,1-2H3. The molecular weight excluding hydrogens is 78.0 g/mol. The van der Waals surface area contributed by atoms with E-state index in [2.05, 4.69) is 0 Å². The minimum atomic E-state index is 0.475. The van der Waals surface area contributed by atoms with Gasteiger partial charge < -0.3 is 0 Å². The van der Waals surface area contributed by atoms with Gasteiger partial charge in [0.15, 0.2) is 0 Å². The predicted octanol–water partition coefficient (Wildman–Crippen LogP) is 0.577. The predicted molar refractivity (Wildman–Crippen MR) is 23.5 cm³/mol. The van der Waals surface area contributed by atoms with E-state index in [1.165, 1.54) is 0 Å². The maximum Gasteiger partial charge on any atom is 0.0263 e. The third kappa shape index (κ3) is 3.92. The normalized spacial score (nSPS) is 10.0. The van der Waals surface area contributed by atoms with Crippen LogP contribution in [0.2, 0.25) is 0 Å². The van der Waals surface area contributed by atoms with E-state index in [0.717, 1.165) is 0 Å². The minimum absolute atomic E-state index is 0.475. The van der Waals surface area contributed by atoms with Crippen LogP contribution < -0.4 is 5.48 Å². The fraction of sp³-hybridized carbons (Fsp3) is 1.00. The van der Waals surface area contributed by atoms with Gasteiger partial charge in [-0.3, -0.25) is 0 Å². The van der Waals surface area contributed by atoms with Gasteiger partial charge in [0.2, 0.25) is 0 Å². The van der Waals surface area contributed by atoms with E-state index in [1.54, 1.807) is 0 Å². The lowest BCUT2D eigenvalue weighted by atomic mass is 10.2. The summed E-state index contributed by atoms with van der Waals surface area (Å²) in [5.74, 6) is 0.475. The maximum absolute atomic E-state index is 9.49. The Balaban J connectivity index is 2.63. The summed E-state index contributed by atoms with van der Waals surface area (Å²) in [7, 11) is 0. The summed E-state index contributed by atoms with van der Waals surface area (Å²) in [4.78, 5) is 0. The lowest BCUT2D eigenvalue weighted by Gasteiger charge is -1.95. The smallest absolute Gasteiger partial charge is 0.0263 e. The number of hydrogen-bond acceptors (Lipinski definition) is 1. The summed E-state index contributed by atoms with van der Waals surface area (Å²) in [5, 5.41) is 9.49. The topological polar surface area (TPSA) is 31.9 Å². The lowest BCUT2D eigenvalue weighted by molar-refractivity contribution is 0.0678. The lowest BCUT2D eigenvalue weighted by Crippen LogP contribution is -2.12. The third-order valence-corrected chi connectivity index (χ3v) is 0.492. The minimum Gasteiger partial charge on any atom is -0.168 e. The first-order valence-electron chi connectivity index (χ1n) is 2.12. The van der Waals surface area contributed by atoms with Crippen LogP contribution >= 0.6 is 0 Å². The fourth-order valence-electron chi connectivity index (χ4n) is 0.167. The van der Waals surface area contributed by atoms with Crippen LogP contribution in [0.5, 0.6) is 0 Å². The highest BCUT2D eigenvalue weighted by atomic mass is 16.5. The zero-order chi connectivity index (χ0) is 4.99. The molecule has 0 aromatic carbocycles.